The van der Waals surface area contributed by atoms with Gasteiger partial charge < -0.3 is 19.8 Å². The summed E-state index contributed by atoms with van der Waals surface area (Å²) in [6.45, 7) is 0.703. The number of hydrogen-bond donors (Lipinski definition) is 2. The quantitative estimate of drug-likeness (QED) is 0.253. The normalized spacial score (nSPS) is 11.1. The second-order valence-electron chi connectivity index (χ2n) is 7.69. The van der Waals surface area contributed by atoms with Crippen LogP contribution in [-0.2, 0) is 16.1 Å². The Labute approximate surface area is 204 Å². The van der Waals surface area contributed by atoms with Gasteiger partial charge in [0.2, 0.25) is 5.91 Å². The van der Waals surface area contributed by atoms with Crippen molar-refractivity contribution in [3.05, 3.63) is 81.0 Å². The van der Waals surface area contributed by atoms with E-state index in [2.05, 4.69) is 9.97 Å². The monoisotopic (exact) mass is 495 g/mol. The van der Waals surface area contributed by atoms with Crippen molar-refractivity contribution in [2.24, 2.45) is 0 Å². The van der Waals surface area contributed by atoms with E-state index in [1.807, 2.05) is 48.5 Å². The first-order valence-electron chi connectivity index (χ1n) is 10.9. The number of nitrogens with one attached hydrogen (secondary N) is 1. The molecule has 0 atom stereocenters. The van der Waals surface area contributed by atoms with E-state index in [1.54, 1.807) is 13.2 Å². The van der Waals surface area contributed by atoms with Crippen molar-refractivity contribution in [3.8, 4) is 0 Å². The number of nitrogens with zero attached hydrogens (tertiary/aromatic N) is 3. The zero-order chi connectivity index (χ0) is 24.8. The van der Waals surface area contributed by atoms with Crippen LogP contribution in [0.5, 0.6) is 0 Å². The van der Waals surface area contributed by atoms with Gasteiger partial charge in [0, 0.05) is 20.3 Å². The average Bonchev–Trinajstić information content (AvgIpc) is 3.28. The number of aromatic nitrogens is 3. The lowest BCUT2D eigenvalue weighted by molar-refractivity contribution is -0.116. The number of amides is 1. The molecule has 2 aromatic carbocycles. The molecule has 1 amide bonds. The summed E-state index contributed by atoms with van der Waals surface area (Å²) in [6.07, 6.45) is 0.465. The van der Waals surface area contributed by atoms with Gasteiger partial charge in [-0.1, -0.05) is 54.2 Å². The standard InChI is InChI=1S/C24H25N5O5S/c1-33-13-7-12-28(19(30)15-35-24-26-17-10-5-6-11-18(17)34-24)20-21(25)29(23(32)27-22(20)31)14-16-8-3-2-4-9-16/h2-6,8-11H,7,12-15,25H2,1H3,(H,27,31,32). The first-order valence-corrected chi connectivity index (χ1v) is 11.9. The number of methoxy groups -OCH3 is 1. The van der Waals surface area contributed by atoms with E-state index in [0.717, 1.165) is 17.3 Å². The van der Waals surface area contributed by atoms with E-state index in [1.165, 1.54) is 9.47 Å². The van der Waals surface area contributed by atoms with Gasteiger partial charge in [-0.2, -0.15) is 0 Å². The molecule has 182 valence electrons. The van der Waals surface area contributed by atoms with Gasteiger partial charge in [-0.15, -0.1) is 0 Å². The number of oxazole rings is 1. The number of anilines is 2. The van der Waals surface area contributed by atoms with Crippen LogP contribution in [0.1, 0.15) is 12.0 Å². The fourth-order valence-electron chi connectivity index (χ4n) is 3.60. The maximum absolute atomic E-state index is 13.3. The molecule has 0 unspecified atom stereocenters. The number of benzene rings is 2. The Bertz CT molecular complexity index is 1400. The van der Waals surface area contributed by atoms with E-state index in [0.29, 0.717) is 29.4 Å². The van der Waals surface area contributed by atoms with Gasteiger partial charge in [-0.25, -0.2) is 9.78 Å². The third-order valence-electron chi connectivity index (χ3n) is 5.29. The number of nitrogen functional groups attached to an aromatic ring is 1. The van der Waals surface area contributed by atoms with Crippen LogP contribution in [0.4, 0.5) is 11.5 Å². The molecule has 4 rings (SSSR count). The fourth-order valence-corrected chi connectivity index (χ4v) is 4.32. The van der Waals surface area contributed by atoms with Crippen molar-refractivity contribution in [1.29, 1.82) is 0 Å². The van der Waals surface area contributed by atoms with Crippen molar-refractivity contribution < 1.29 is 13.9 Å². The van der Waals surface area contributed by atoms with Gasteiger partial charge in [-0.05, 0) is 24.1 Å². The number of aromatic amines is 1. The van der Waals surface area contributed by atoms with Crippen molar-refractivity contribution in [3.63, 3.8) is 0 Å². The second kappa shape index (κ2) is 11.1. The summed E-state index contributed by atoms with van der Waals surface area (Å²) in [5.74, 6) is -0.507. The van der Waals surface area contributed by atoms with Crippen molar-refractivity contribution in [2.75, 3.05) is 36.6 Å². The highest BCUT2D eigenvalue weighted by molar-refractivity contribution is 7.99. The Morgan fingerprint density at radius 1 is 1.17 bits per heavy atom. The van der Waals surface area contributed by atoms with Gasteiger partial charge in [0.15, 0.2) is 11.3 Å². The zero-order valence-electron chi connectivity index (χ0n) is 19.1. The first kappa shape index (κ1) is 24.3. The minimum atomic E-state index is -0.727. The van der Waals surface area contributed by atoms with Gasteiger partial charge in [-0.3, -0.25) is 19.1 Å². The molecule has 0 aliphatic heterocycles. The van der Waals surface area contributed by atoms with Crippen LogP contribution in [0.25, 0.3) is 11.1 Å². The Hall–Kier alpha value is -3.83. The lowest BCUT2D eigenvalue weighted by Gasteiger charge is -2.24. The van der Waals surface area contributed by atoms with Crippen LogP contribution in [0.15, 0.2) is 73.8 Å². The number of para-hydroxylation sites is 2. The summed E-state index contributed by atoms with van der Waals surface area (Å²) in [4.78, 5) is 46.6. The smallest absolute Gasteiger partial charge is 0.330 e. The lowest BCUT2D eigenvalue weighted by Crippen LogP contribution is -2.42. The van der Waals surface area contributed by atoms with Gasteiger partial charge in [0.25, 0.3) is 10.8 Å². The number of hydrogen-bond acceptors (Lipinski definition) is 8. The summed E-state index contributed by atoms with van der Waals surface area (Å²) in [7, 11) is 1.55. The summed E-state index contributed by atoms with van der Waals surface area (Å²) in [5.41, 5.74) is 7.00. The van der Waals surface area contributed by atoms with Crippen LogP contribution in [0, 0.1) is 0 Å². The minimum Gasteiger partial charge on any atom is -0.431 e. The molecule has 0 fully saturated rings. The van der Waals surface area contributed by atoms with Crippen molar-refractivity contribution >= 4 is 40.3 Å². The maximum Gasteiger partial charge on any atom is 0.330 e. The van der Waals surface area contributed by atoms with Gasteiger partial charge in [0.05, 0.1) is 12.3 Å². The molecule has 0 saturated carbocycles. The predicted molar refractivity (Wildman–Crippen MR) is 135 cm³/mol. The molecule has 11 heteroatoms. The first-order chi connectivity index (χ1) is 17.0. The molecule has 3 N–H and O–H groups in total. The molecule has 0 radical (unpaired) electrons. The Morgan fingerprint density at radius 2 is 1.91 bits per heavy atom. The molecule has 0 saturated heterocycles. The van der Waals surface area contributed by atoms with Crippen molar-refractivity contribution in [1.82, 2.24) is 14.5 Å². The third kappa shape index (κ3) is 5.64. The predicted octanol–water partition coefficient (Wildman–Crippen LogP) is 2.47. The Kier molecular flexibility index (Phi) is 7.68. The molecule has 2 heterocycles. The van der Waals surface area contributed by atoms with Crippen LogP contribution in [-0.4, -0.2) is 46.5 Å². The fraction of sp³-hybridized carbons (Fsp3) is 0.250. The minimum absolute atomic E-state index is 0.0451. The van der Waals surface area contributed by atoms with E-state index in [-0.39, 0.29) is 36.3 Å². The lowest BCUT2D eigenvalue weighted by atomic mass is 10.2. The number of carbonyl (C=O) groups excluding carboxylic acids is 1. The number of thioether (sulfide) groups is 1. The van der Waals surface area contributed by atoms with Crippen LogP contribution < -0.4 is 21.9 Å². The highest BCUT2D eigenvalue weighted by Gasteiger charge is 2.25. The SMILES string of the molecule is COCCCN(C(=O)CSc1nc2ccccc2o1)c1c(N)n(Cc2ccccc2)c(=O)[nH]c1=O. The maximum atomic E-state index is 13.3. The highest BCUT2D eigenvalue weighted by atomic mass is 32.2. The van der Waals surface area contributed by atoms with Gasteiger partial charge >= 0.3 is 5.69 Å². The van der Waals surface area contributed by atoms with Gasteiger partial charge in [0.1, 0.15) is 11.3 Å². The summed E-state index contributed by atoms with van der Waals surface area (Å²) < 4.78 is 12.0. The van der Waals surface area contributed by atoms with E-state index in [4.69, 9.17) is 14.9 Å². The molecule has 4 aromatic rings. The number of rotatable bonds is 10. The second-order valence-corrected chi connectivity index (χ2v) is 8.62. The van der Waals surface area contributed by atoms with Crippen LogP contribution in [0.3, 0.4) is 0 Å². The summed E-state index contributed by atoms with van der Waals surface area (Å²) >= 11 is 1.12. The number of ether oxygens (including phenoxy) is 1. The number of nitrogens with two attached hydrogens (primary N) is 1. The molecule has 2 aromatic heterocycles. The topological polar surface area (TPSA) is 136 Å². The summed E-state index contributed by atoms with van der Waals surface area (Å²) in [6, 6.07) is 16.5. The average molecular weight is 496 g/mol. The largest absolute Gasteiger partial charge is 0.431 e. The van der Waals surface area contributed by atoms with Crippen molar-refractivity contribution in [2.45, 2.75) is 18.2 Å². The number of fused-ring (bicyclic) bond motifs is 1. The molecular formula is C24H25N5O5S. The van der Waals surface area contributed by atoms with Crippen LogP contribution >= 0.6 is 11.8 Å². The Balaban J connectivity index is 1.63. The van der Waals surface area contributed by atoms with Crippen LogP contribution in [0.2, 0.25) is 0 Å². The molecule has 35 heavy (non-hydrogen) atoms. The zero-order valence-corrected chi connectivity index (χ0v) is 19.9. The third-order valence-corrected chi connectivity index (χ3v) is 6.11. The number of H-pyrrole nitrogens is 1. The summed E-state index contributed by atoms with van der Waals surface area (Å²) in [5, 5.41) is 0.340. The molecule has 0 aliphatic rings. The van der Waals surface area contributed by atoms with E-state index < -0.39 is 11.2 Å². The molecular weight excluding hydrogens is 470 g/mol. The van der Waals surface area contributed by atoms with E-state index >= 15 is 0 Å². The molecule has 0 aliphatic carbocycles. The Morgan fingerprint density at radius 3 is 2.66 bits per heavy atom. The molecule has 10 nitrogen and oxygen atoms in total. The molecule has 0 spiro atoms. The number of carbonyl (C=O) groups is 1. The molecule has 0 bridgehead atoms. The van der Waals surface area contributed by atoms with E-state index in [9.17, 15) is 14.4 Å². The highest BCUT2D eigenvalue weighted by Crippen LogP contribution is 2.25.